The summed E-state index contributed by atoms with van der Waals surface area (Å²) >= 11 is 0. The summed E-state index contributed by atoms with van der Waals surface area (Å²) in [6, 6.07) is 2.27. The Morgan fingerprint density at radius 1 is 1.20 bits per heavy atom. The van der Waals surface area contributed by atoms with Gasteiger partial charge in [0.05, 0.1) is 6.61 Å². The molecule has 6 nitrogen and oxygen atoms in total. The van der Waals surface area contributed by atoms with Gasteiger partial charge in [-0.25, -0.2) is 0 Å². The van der Waals surface area contributed by atoms with Crippen LogP contribution in [0, 0.1) is 6.92 Å². The second-order valence-electron chi connectivity index (χ2n) is 4.33. The molecule has 0 saturated heterocycles. The van der Waals surface area contributed by atoms with Crippen molar-refractivity contribution in [2.24, 2.45) is 0 Å². The molecule has 0 atom stereocenters. The molecule has 0 unspecified atom stereocenters. The largest absolute Gasteiger partial charge is 0.463 e. The molecule has 0 amide bonds. The first-order valence-electron chi connectivity index (χ1n) is 6.78. The maximum absolute atomic E-state index is 5.52. The van der Waals surface area contributed by atoms with E-state index < -0.39 is 0 Å². The standard InChI is InChI=1S/C14H19N5O/c1-4-8-20-14-18-12(17-13(19-14)16-5-2)11-9-15-7-6-10(11)3/h6-7,9H,4-5,8H2,1-3H3,(H,16,17,18,19). The Labute approximate surface area is 118 Å². The average Bonchev–Trinajstić information content (AvgIpc) is 2.46. The highest BCUT2D eigenvalue weighted by molar-refractivity contribution is 5.59. The molecule has 106 valence electrons. The minimum Gasteiger partial charge on any atom is -0.463 e. The Balaban J connectivity index is 2.40. The van der Waals surface area contributed by atoms with E-state index in [1.165, 1.54) is 0 Å². The fourth-order valence-corrected chi connectivity index (χ4v) is 1.67. The predicted octanol–water partition coefficient (Wildman–Crippen LogP) is 2.46. The van der Waals surface area contributed by atoms with Gasteiger partial charge in [-0.15, -0.1) is 0 Å². The smallest absolute Gasteiger partial charge is 0.321 e. The lowest BCUT2D eigenvalue weighted by molar-refractivity contribution is 0.292. The number of ether oxygens (including phenoxy) is 1. The number of hydrogen-bond acceptors (Lipinski definition) is 6. The van der Waals surface area contributed by atoms with Gasteiger partial charge in [-0.05, 0) is 31.9 Å². The van der Waals surface area contributed by atoms with E-state index in [0.29, 0.717) is 24.4 Å². The van der Waals surface area contributed by atoms with Gasteiger partial charge in [-0.3, -0.25) is 4.98 Å². The van der Waals surface area contributed by atoms with E-state index in [2.05, 4.69) is 25.3 Å². The van der Waals surface area contributed by atoms with Crippen LogP contribution in [0.3, 0.4) is 0 Å². The first kappa shape index (κ1) is 14.2. The zero-order valence-electron chi connectivity index (χ0n) is 12.1. The van der Waals surface area contributed by atoms with E-state index in [1.807, 2.05) is 26.8 Å². The van der Waals surface area contributed by atoms with E-state index in [-0.39, 0.29) is 0 Å². The summed E-state index contributed by atoms with van der Waals surface area (Å²) in [6.07, 6.45) is 4.41. The molecule has 0 bridgehead atoms. The van der Waals surface area contributed by atoms with Gasteiger partial charge in [-0.1, -0.05) is 6.92 Å². The topological polar surface area (TPSA) is 72.8 Å². The van der Waals surface area contributed by atoms with Crippen molar-refractivity contribution < 1.29 is 4.74 Å². The van der Waals surface area contributed by atoms with Crippen LogP contribution in [0.1, 0.15) is 25.8 Å². The molecule has 0 aliphatic carbocycles. The second-order valence-corrected chi connectivity index (χ2v) is 4.33. The Morgan fingerprint density at radius 2 is 2.05 bits per heavy atom. The van der Waals surface area contributed by atoms with E-state index >= 15 is 0 Å². The fourth-order valence-electron chi connectivity index (χ4n) is 1.67. The third kappa shape index (κ3) is 3.40. The van der Waals surface area contributed by atoms with Crippen molar-refractivity contribution in [1.29, 1.82) is 0 Å². The number of nitrogens with zero attached hydrogens (tertiary/aromatic N) is 4. The van der Waals surface area contributed by atoms with E-state index in [0.717, 1.165) is 24.1 Å². The summed E-state index contributed by atoms with van der Waals surface area (Å²) in [6.45, 7) is 7.36. The number of aromatic nitrogens is 4. The van der Waals surface area contributed by atoms with Gasteiger partial charge in [0.15, 0.2) is 5.82 Å². The van der Waals surface area contributed by atoms with Crippen molar-refractivity contribution in [2.45, 2.75) is 27.2 Å². The number of nitrogens with one attached hydrogen (secondary N) is 1. The van der Waals surface area contributed by atoms with Crippen LogP contribution in [-0.4, -0.2) is 33.1 Å². The molecule has 0 aliphatic rings. The Bertz CT molecular complexity index is 573. The molecule has 1 N–H and O–H groups in total. The zero-order valence-corrected chi connectivity index (χ0v) is 12.1. The Morgan fingerprint density at radius 3 is 2.75 bits per heavy atom. The summed E-state index contributed by atoms with van der Waals surface area (Å²) in [4.78, 5) is 17.1. The van der Waals surface area contributed by atoms with Crippen LogP contribution in [-0.2, 0) is 0 Å². The molecule has 20 heavy (non-hydrogen) atoms. The van der Waals surface area contributed by atoms with Crippen molar-refractivity contribution >= 4 is 5.95 Å². The molecule has 2 aromatic rings. The molecule has 0 aliphatic heterocycles. The maximum atomic E-state index is 5.52. The molecule has 6 heteroatoms. The molecule has 0 fully saturated rings. The Kier molecular flexibility index (Phi) is 4.81. The van der Waals surface area contributed by atoms with Crippen LogP contribution < -0.4 is 10.1 Å². The number of pyridine rings is 1. The van der Waals surface area contributed by atoms with Gasteiger partial charge in [0.1, 0.15) is 0 Å². The van der Waals surface area contributed by atoms with Gasteiger partial charge in [-0.2, -0.15) is 15.0 Å². The molecular weight excluding hydrogens is 254 g/mol. The normalized spacial score (nSPS) is 10.3. The first-order valence-corrected chi connectivity index (χ1v) is 6.78. The molecule has 2 heterocycles. The molecular formula is C14H19N5O. The SMILES string of the molecule is CCCOc1nc(NCC)nc(-c2cnccc2C)n1. The zero-order chi connectivity index (χ0) is 14.4. The first-order chi connectivity index (χ1) is 9.74. The lowest BCUT2D eigenvalue weighted by Gasteiger charge is -2.09. The molecule has 2 aromatic heterocycles. The van der Waals surface area contributed by atoms with Crippen LogP contribution in [0.2, 0.25) is 0 Å². The maximum Gasteiger partial charge on any atom is 0.321 e. The van der Waals surface area contributed by atoms with Gasteiger partial charge in [0.25, 0.3) is 0 Å². The lowest BCUT2D eigenvalue weighted by Crippen LogP contribution is -2.08. The summed E-state index contributed by atoms with van der Waals surface area (Å²) in [7, 11) is 0. The van der Waals surface area contributed by atoms with E-state index in [1.54, 1.807) is 12.4 Å². The Hall–Kier alpha value is -2.24. The van der Waals surface area contributed by atoms with Crippen molar-refractivity contribution in [3.05, 3.63) is 24.0 Å². The third-order valence-electron chi connectivity index (χ3n) is 2.67. The van der Waals surface area contributed by atoms with Gasteiger partial charge in [0.2, 0.25) is 5.95 Å². The summed E-state index contributed by atoms with van der Waals surface area (Å²) in [5, 5.41) is 3.09. The van der Waals surface area contributed by atoms with Crippen LogP contribution in [0.25, 0.3) is 11.4 Å². The number of hydrogen-bond donors (Lipinski definition) is 1. The fraction of sp³-hybridized carbons (Fsp3) is 0.429. The number of anilines is 1. The van der Waals surface area contributed by atoms with Crippen LogP contribution >= 0.6 is 0 Å². The predicted molar refractivity (Wildman–Crippen MR) is 77.7 cm³/mol. The average molecular weight is 273 g/mol. The molecule has 0 saturated carbocycles. The molecule has 0 aromatic carbocycles. The minimum atomic E-state index is 0.344. The highest BCUT2D eigenvalue weighted by Crippen LogP contribution is 2.21. The highest BCUT2D eigenvalue weighted by Gasteiger charge is 2.11. The van der Waals surface area contributed by atoms with Crippen molar-refractivity contribution in [1.82, 2.24) is 19.9 Å². The van der Waals surface area contributed by atoms with Crippen LogP contribution in [0.4, 0.5) is 5.95 Å². The lowest BCUT2D eigenvalue weighted by atomic mass is 10.1. The quantitative estimate of drug-likeness (QED) is 0.871. The molecule has 0 spiro atoms. The van der Waals surface area contributed by atoms with Crippen molar-refractivity contribution in [3.8, 4) is 17.4 Å². The van der Waals surface area contributed by atoms with E-state index in [4.69, 9.17) is 4.74 Å². The summed E-state index contributed by atoms with van der Waals surface area (Å²) in [5.41, 5.74) is 1.95. The summed E-state index contributed by atoms with van der Waals surface area (Å²) in [5.74, 6) is 1.10. The number of rotatable bonds is 6. The van der Waals surface area contributed by atoms with Crippen LogP contribution in [0.5, 0.6) is 6.01 Å². The highest BCUT2D eigenvalue weighted by atomic mass is 16.5. The van der Waals surface area contributed by atoms with Crippen molar-refractivity contribution in [3.63, 3.8) is 0 Å². The monoisotopic (exact) mass is 273 g/mol. The van der Waals surface area contributed by atoms with Crippen LogP contribution in [0.15, 0.2) is 18.5 Å². The summed E-state index contributed by atoms with van der Waals surface area (Å²) < 4.78 is 5.52. The number of aryl methyl sites for hydroxylation is 1. The van der Waals surface area contributed by atoms with Gasteiger partial charge >= 0.3 is 6.01 Å². The van der Waals surface area contributed by atoms with Gasteiger partial charge in [0, 0.05) is 24.5 Å². The van der Waals surface area contributed by atoms with E-state index in [9.17, 15) is 0 Å². The molecule has 0 radical (unpaired) electrons. The minimum absolute atomic E-state index is 0.344. The third-order valence-corrected chi connectivity index (χ3v) is 2.67. The second kappa shape index (κ2) is 6.79. The van der Waals surface area contributed by atoms with Crippen molar-refractivity contribution in [2.75, 3.05) is 18.5 Å². The molecule has 2 rings (SSSR count). The van der Waals surface area contributed by atoms with Gasteiger partial charge < -0.3 is 10.1 Å².